The fraction of sp³-hybridized carbons (Fsp3) is 0.400. The smallest absolute Gasteiger partial charge is 0.268 e. The monoisotopic (exact) mass is 141 g/mol. The molecule has 0 saturated heterocycles. The predicted octanol–water partition coefficient (Wildman–Crippen LogP) is -1.09. The molecule has 0 atom stereocenters. The summed E-state index contributed by atoms with van der Waals surface area (Å²) in [7, 11) is 0. The minimum atomic E-state index is -0.276. The minimum Gasteiger partial charge on any atom is -0.274 e. The van der Waals surface area contributed by atoms with Crippen LogP contribution in [0.15, 0.2) is 4.99 Å². The van der Waals surface area contributed by atoms with Gasteiger partial charge in [0.05, 0.1) is 0 Å². The number of amides is 2. The molecule has 0 unspecified atom stereocenters. The number of carbonyl (C=O) groups excluding carboxylic acids is 2. The summed E-state index contributed by atoms with van der Waals surface area (Å²) in [6.45, 7) is 1.46. The minimum absolute atomic E-state index is 0.125. The van der Waals surface area contributed by atoms with Crippen molar-refractivity contribution in [2.75, 3.05) is 6.54 Å². The molecule has 54 valence electrons. The molecule has 0 aromatic rings. The maximum atomic E-state index is 10.7. The zero-order chi connectivity index (χ0) is 7.56. The van der Waals surface area contributed by atoms with Crippen LogP contribution in [-0.4, -0.2) is 29.7 Å². The lowest BCUT2D eigenvalue weighted by Crippen LogP contribution is -2.42. The average Bonchev–Trinajstić information content (AvgIpc) is 2.15. The molecule has 1 N–H and O–H groups in total. The van der Waals surface area contributed by atoms with E-state index in [-0.39, 0.29) is 18.4 Å². The van der Waals surface area contributed by atoms with Crippen molar-refractivity contribution in [1.29, 1.82) is 0 Å². The second kappa shape index (κ2) is 2.47. The summed E-state index contributed by atoms with van der Waals surface area (Å²) in [5.41, 5.74) is 2.29. The van der Waals surface area contributed by atoms with Crippen LogP contribution in [0, 0.1) is 0 Å². The molecule has 0 saturated carbocycles. The van der Waals surface area contributed by atoms with E-state index in [1.165, 1.54) is 13.3 Å². The molecule has 5 heteroatoms. The SMILES string of the molecule is CC(=O)NN1C=NCC1=O. The van der Waals surface area contributed by atoms with Crippen molar-refractivity contribution in [3.63, 3.8) is 0 Å². The lowest BCUT2D eigenvalue weighted by atomic mass is 10.6. The van der Waals surface area contributed by atoms with Gasteiger partial charge in [0.25, 0.3) is 5.91 Å². The Morgan fingerprint density at radius 3 is 3.00 bits per heavy atom. The Kier molecular flexibility index (Phi) is 1.66. The third kappa shape index (κ3) is 1.31. The quantitative estimate of drug-likeness (QED) is 0.504. The first-order chi connectivity index (χ1) is 4.70. The molecule has 0 fully saturated rings. The summed E-state index contributed by atoms with van der Waals surface area (Å²) >= 11 is 0. The summed E-state index contributed by atoms with van der Waals surface area (Å²) < 4.78 is 0. The Morgan fingerprint density at radius 1 is 1.90 bits per heavy atom. The van der Waals surface area contributed by atoms with Crippen LogP contribution in [0.4, 0.5) is 0 Å². The standard InChI is InChI=1S/C5H7N3O2/c1-4(9)7-8-3-6-2-5(8)10/h3H,2H2,1H3,(H,7,9). The van der Waals surface area contributed by atoms with E-state index in [0.717, 1.165) is 5.01 Å². The summed E-state index contributed by atoms with van der Waals surface area (Å²) in [5.74, 6) is -0.489. The van der Waals surface area contributed by atoms with E-state index >= 15 is 0 Å². The van der Waals surface area contributed by atoms with Crippen molar-refractivity contribution in [2.45, 2.75) is 6.92 Å². The van der Waals surface area contributed by atoms with Crippen molar-refractivity contribution in [3.05, 3.63) is 0 Å². The van der Waals surface area contributed by atoms with Gasteiger partial charge < -0.3 is 0 Å². The summed E-state index contributed by atoms with van der Waals surface area (Å²) in [4.78, 5) is 24.7. The largest absolute Gasteiger partial charge is 0.274 e. The van der Waals surface area contributed by atoms with Gasteiger partial charge in [-0.2, -0.15) is 0 Å². The van der Waals surface area contributed by atoms with E-state index in [1.807, 2.05) is 0 Å². The summed E-state index contributed by atoms with van der Waals surface area (Å²) in [5, 5.41) is 1.07. The molecular formula is C5H7N3O2. The van der Waals surface area contributed by atoms with Gasteiger partial charge in [0, 0.05) is 6.92 Å². The first kappa shape index (κ1) is 6.73. The van der Waals surface area contributed by atoms with Gasteiger partial charge >= 0.3 is 0 Å². The predicted molar refractivity (Wildman–Crippen MR) is 34.0 cm³/mol. The van der Waals surface area contributed by atoms with Crippen LogP contribution < -0.4 is 5.43 Å². The number of hydrazine groups is 1. The van der Waals surface area contributed by atoms with Crippen LogP contribution in [0.1, 0.15) is 6.92 Å². The number of rotatable bonds is 1. The molecule has 0 aromatic carbocycles. The Bertz CT molecular complexity index is 199. The molecular weight excluding hydrogens is 134 g/mol. The lowest BCUT2D eigenvalue weighted by molar-refractivity contribution is -0.133. The fourth-order valence-corrected chi connectivity index (χ4v) is 0.602. The third-order valence-electron chi connectivity index (χ3n) is 0.970. The number of carbonyl (C=O) groups is 2. The molecule has 0 radical (unpaired) electrons. The zero-order valence-electron chi connectivity index (χ0n) is 5.50. The highest BCUT2D eigenvalue weighted by Gasteiger charge is 2.15. The highest BCUT2D eigenvalue weighted by molar-refractivity contribution is 5.95. The molecule has 1 aliphatic rings. The van der Waals surface area contributed by atoms with E-state index in [9.17, 15) is 9.59 Å². The average molecular weight is 141 g/mol. The van der Waals surface area contributed by atoms with Crippen LogP contribution >= 0.6 is 0 Å². The van der Waals surface area contributed by atoms with Crippen molar-refractivity contribution >= 4 is 18.2 Å². The molecule has 10 heavy (non-hydrogen) atoms. The highest BCUT2D eigenvalue weighted by Crippen LogP contribution is 1.89. The van der Waals surface area contributed by atoms with Gasteiger partial charge in [-0.05, 0) is 0 Å². The molecule has 1 heterocycles. The molecule has 0 spiro atoms. The molecule has 2 amide bonds. The van der Waals surface area contributed by atoms with E-state index < -0.39 is 0 Å². The normalized spacial score (nSPS) is 16.1. The van der Waals surface area contributed by atoms with Gasteiger partial charge in [-0.3, -0.25) is 20.0 Å². The van der Waals surface area contributed by atoms with Crippen molar-refractivity contribution in [1.82, 2.24) is 10.4 Å². The topological polar surface area (TPSA) is 61.8 Å². The fourth-order valence-electron chi connectivity index (χ4n) is 0.602. The second-order valence-corrected chi connectivity index (χ2v) is 1.89. The van der Waals surface area contributed by atoms with Gasteiger partial charge in [0.2, 0.25) is 5.91 Å². The van der Waals surface area contributed by atoms with E-state index in [4.69, 9.17) is 0 Å². The van der Waals surface area contributed by atoms with Crippen molar-refractivity contribution in [2.24, 2.45) is 4.99 Å². The number of nitrogens with one attached hydrogen (secondary N) is 1. The Morgan fingerprint density at radius 2 is 2.60 bits per heavy atom. The Labute approximate surface area is 57.7 Å². The maximum Gasteiger partial charge on any atom is 0.268 e. The molecule has 5 nitrogen and oxygen atoms in total. The Hall–Kier alpha value is -1.39. The number of aliphatic imine (C=N–C) groups is 1. The van der Waals surface area contributed by atoms with Gasteiger partial charge in [-0.25, -0.2) is 5.01 Å². The zero-order valence-corrected chi connectivity index (χ0v) is 5.50. The van der Waals surface area contributed by atoms with Crippen LogP contribution in [0.25, 0.3) is 0 Å². The molecule has 1 rings (SSSR count). The molecule has 0 aliphatic carbocycles. The summed E-state index contributed by atoms with van der Waals surface area (Å²) in [6, 6.07) is 0. The molecule has 0 bridgehead atoms. The van der Waals surface area contributed by atoms with Crippen LogP contribution in [0.3, 0.4) is 0 Å². The summed E-state index contributed by atoms with van der Waals surface area (Å²) in [6.07, 6.45) is 1.30. The van der Waals surface area contributed by atoms with Gasteiger partial charge in [-0.15, -0.1) is 0 Å². The van der Waals surface area contributed by atoms with Gasteiger partial charge in [0.1, 0.15) is 12.9 Å². The van der Waals surface area contributed by atoms with Crippen LogP contribution in [0.2, 0.25) is 0 Å². The molecule has 1 aliphatic heterocycles. The van der Waals surface area contributed by atoms with E-state index in [1.54, 1.807) is 0 Å². The maximum absolute atomic E-state index is 10.7. The number of hydrogen-bond donors (Lipinski definition) is 1. The molecule has 0 aromatic heterocycles. The first-order valence-corrected chi connectivity index (χ1v) is 2.79. The van der Waals surface area contributed by atoms with Crippen molar-refractivity contribution < 1.29 is 9.59 Å². The van der Waals surface area contributed by atoms with Gasteiger partial charge in [-0.1, -0.05) is 0 Å². The highest BCUT2D eigenvalue weighted by atomic mass is 16.2. The van der Waals surface area contributed by atoms with E-state index in [0.29, 0.717) is 0 Å². The van der Waals surface area contributed by atoms with Gasteiger partial charge in [0.15, 0.2) is 0 Å². The number of hydrogen-bond acceptors (Lipinski definition) is 3. The van der Waals surface area contributed by atoms with E-state index in [2.05, 4.69) is 10.4 Å². The van der Waals surface area contributed by atoms with Crippen LogP contribution in [0.5, 0.6) is 0 Å². The third-order valence-corrected chi connectivity index (χ3v) is 0.970. The lowest BCUT2D eigenvalue weighted by Gasteiger charge is -2.10. The first-order valence-electron chi connectivity index (χ1n) is 2.79. The Balaban J connectivity index is 2.48. The second-order valence-electron chi connectivity index (χ2n) is 1.89. The van der Waals surface area contributed by atoms with Crippen LogP contribution in [-0.2, 0) is 9.59 Å². The number of nitrogens with zero attached hydrogens (tertiary/aromatic N) is 2. The van der Waals surface area contributed by atoms with Crippen molar-refractivity contribution in [3.8, 4) is 0 Å².